The van der Waals surface area contributed by atoms with Crippen LogP contribution in [-0.4, -0.2) is 6.03 Å². The van der Waals surface area contributed by atoms with Crippen molar-refractivity contribution in [3.63, 3.8) is 0 Å². The minimum absolute atomic E-state index is 0.301. The number of carbonyl (C=O) groups excluding carboxylic acids is 1. The van der Waals surface area contributed by atoms with Gasteiger partial charge in [0, 0.05) is 5.69 Å². The number of rotatable bonds is 5. The predicted octanol–water partition coefficient (Wildman–Crippen LogP) is 5.02. The Bertz CT molecular complexity index is 797. The second-order valence-electron chi connectivity index (χ2n) is 4.97. The van der Waals surface area contributed by atoms with Crippen LogP contribution in [0.15, 0.2) is 87.6 Å². The van der Waals surface area contributed by atoms with Gasteiger partial charge in [-0.2, -0.15) is 10.2 Å². The average molecular weight is 320 g/mol. The first-order chi connectivity index (χ1) is 11.8. The molecule has 2 amide bonds. The number of azo groups is 1. The summed E-state index contributed by atoms with van der Waals surface area (Å²) in [5, 5.41) is 13.7. The van der Waals surface area contributed by atoms with Gasteiger partial charge in [-0.3, -0.25) is 0 Å². The van der Waals surface area contributed by atoms with Crippen LogP contribution in [0.25, 0.3) is 0 Å². The largest absolute Gasteiger partial charge is 0.467 e. The number of carbonyl (C=O) groups is 1. The number of benzene rings is 2. The molecule has 3 aromatic rings. The molecule has 3 rings (SSSR count). The van der Waals surface area contributed by atoms with E-state index in [1.807, 2.05) is 30.3 Å². The number of furan rings is 1. The Morgan fingerprint density at radius 1 is 0.875 bits per heavy atom. The first-order valence-electron chi connectivity index (χ1n) is 7.44. The molecule has 6 nitrogen and oxygen atoms in total. The van der Waals surface area contributed by atoms with Gasteiger partial charge in [-0.1, -0.05) is 18.2 Å². The third-order valence-electron chi connectivity index (χ3n) is 3.17. The number of urea groups is 1. The van der Waals surface area contributed by atoms with Crippen molar-refractivity contribution in [3.05, 3.63) is 78.8 Å². The van der Waals surface area contributed by atoms with E-state index in [2.05, 4.69) is 20.9 Å². The Morgan fingerprint density at radius 3 is 2.25 bits per heavy atom. The van der Waals surface area contributed by atoms with Gasteiger partial charge in [-0.05, 0) is 48.5 Å². The highest BCUT2D eigenvalue weighted by Crippen LogP contribution is 2.19. The highest BCUT2D eigenvalue weighted by Gasteiger charge is 2.03. The maximum Gasteiger partial charge on any atom is 0.319 e. The van der Waals surface area contributed by atoms with Gasteiger partial charge in [0.2, 0.25) is 0 Å². The van der Waals surface area contributed by atoms with Gasteiger partial charge in [0.25, 0.3) is 0 Å². The highest BCUT2D eigenvalue weighted by molar-refractivity contribution is 5.89. The van der Waals surface area contributed by atoms with Crippen molar-refractivity contribution in [1.29, 1.82) is 0 Å². The third-order valence-corrected chi connectivity index (χ3v) is 3.17. The maximum atomic E-state index is 11.8. The molecule has 2 aromatic carbocycles. The zero-order chi connectivity index (χ0) is 16.6. The first kappa shape index (κ1) is 15.5. The molecule has 0 radical (unpaired) electrons. The lowest BCUT2D eigenvalue weighted by atomic mass is 10.3. The number of hydrogen-bond donors (Lipinski definition) is 2. The Kier molecular flexibility index (Phi) is 4.99. The number of nitrogens with zero attached hydrogens (tertiary/aromatic N) is 2. The molecule has 24 heavy (non-hydrogen) atoms. The molecule has 0 saturated heterocycles. The quantitative estimate of drug-likeness (QED) is 0.648. The summed E-state index contributed by atoms with van der Waals surface area (Å²) in [6.07, 6.45) is 1.57. The van der Waals surface area contributed by atoms with Gasteiger partial charge in [-0.15, -0.1) is 0 Å². The molecule has 0 atom stereocenters. The zero-order valence-corrected chi connectivity index (χ0v) is 12.8. The summed E-state index contributed by atoms with van der Waals surface area (Å²) in [7, 11) is 0. The molecule has 2 N–H and O–H groups in total. The lowest BCUT2D eigenvalue weighted by molar-refractivity contribution is 0.251. The molecule has 0 aliphatic heterocycles. The van der Waals surface area contributed by atoms with Gasteiger partial charge in [0.15, 0.2) is 0 Å². The Morgan fingerprint density at radius 2 is 1.58 bits per heavy atom. The van der Waals surface area contributed by atoms with E-state index in [1.165, 1.54) is 0 Å². The maximum absolute atomic E-state index is 11.8. The molecule has 6 heteroatoms. The van der Waals surface area contributed by atoms with Gasteiger partial charge in [-0.25, -0.2) is 4.79 Å². The number of hydrogen-bond acceptors (Lipinski definition) is 4. The SMILES string of the molecule is O=C(NCc1ccco1)Nc1ccc(N=Nc2ccccc2)cc1. The van der Waals surface area contributed by atoms with Crippen LogP contribution in [0, 0.1) is 0 Å². The highest BCUT2D eigenvalue weighted by atomic mass is 16.3. The fraction of sp³-hybridized carbons (Fsp3) is 0.0556. The lowest BCUT2D eigenvalue weighted by Crippen LogP contribution is -2.27. The van der Waals surface area contributed by atoms with Crippen LogP contribution in [0.5, 0.6) is 0 Å². The van der Waals surface area contributed by atoms with Crippen molar-refractivity contribution in [2.24, 2.45) is 10.2 Å². The molecule has 0 bridgehead atoms. The summed E-state index contributed by atoms with van der Waals surface area (Å²) in [6, 6.07) is 19.9. The van der Waals surface area contributed by atoms with Crippen LogP contribution < -0.4 is 10.6 Å². The minimum Gasteiger partial charge on any atom is -0.467 e. The smallest absolute Gasteiger partial charge is 0.319 e. The van der Waals surface area contributed by atoms with E-state index in [4.69, 9.17) is 4.42 Å². The van der Waals surface area contributed by atoms with E-state index in [-0.39, 0.29) is 6.03 Å². The summed E-state index contributed by atoms with van der Waals surface area (Å²) >= 11 is 0. The van der Waals surface area contributed by atoms with Crippen molar-refractivity contribution in [3.8, 4) is 0 Å². The fourth-order valence-corrected chi connectivity index (χ4v) is 1.98. The molecule has 0 aliphatic carbocycles. The fourth-order valence-electron chi connectivity index (χ4n) is 1.98. The monoisotopic (exact) mass is 320 g/mol. The van der Waals surface area contributed by atoms with Gasteiger partial charge < -0.3 is 15.1 Å². The van der Waals surface area contributed by atoms with Gasteiger partial charge in [0.05, 0.1) is 24.2 Å². The molecule has 0 fully saturated rings. The summed E-state index contributed by atoms with van der Waals surface area (Å²) in [5.74, 6) is 0.696. The van der Waals surface area contributed by atoms with E-state index in [1.54, 1.807) is 42.7 Å². The van der Waals surface area contributed by atoms with Crippen LogP contribution in [0.1, 0.15) is 5.76 Å². The lowest BCUT2D eigenvalue weighted by Gasteiger charge is -2.06. The summed E-state index contributed by atoms with van der Waals surface area (Å²) in [4.78, 5) is 11.8. The predicted molar refractivity (Wildman–Crippen MR) is 91.6 cm³/mol. The third kappa shape index (κ3) is 4.54. The molecule has 1 aromatic heterocycles. The Hall–Kier alpha value is -3.41. The number of anilines is 1. The van der Waals surface area contributed by atoms with Crippen molar-refractivity contribution in [2.45, 2.75) is 6.54 Å². The molecule has 1 heterocycles. The average Bonchev–Trinajstić information content (AvgIpc) is 3.14. The normalized spacial score (nSPS) is 10.7. The second kappa shape index (κ2) is 7.73. The second-order valence-corrected chi connectivity index (χ2v) is 4.97. The number of amides is 2. The van der Waals surface area contributed by atoms with Crippen LogP contribution >= 0.6 is 0 Å². The first-order valence-corrected chi connectivity index (χ1v) is 7.44. The van der Waals surface area contributed by atoms with Crippen molar-refractivity contribution in [1.82, 2.24) is 5.32 Å². The van der Waals surface area contributed by atoms with E-state index in [0.29, 0.717) is 23.7 Å². The minimum atomic E-state index is -0.301. The summed E-state index contributed by atoms with van der Waals surface area (Å²) < 4.78 is 5.15. The standard InChI is InChI=1S/C18H16N4O2/c23-18(19-13-17-7-4-12-24-17)20-14-8-10-16(11-9-14)22-21-15-5-2-1-3-6-15/h1-12H,13H2,(H2,19,20,23). The van der Waals surface area contributed by atoms with Crippen LogP contribution in [-0.2, 0) is 6.54 Å². The van der Waals surface area contributed by atoms with Crippen LogP contribution in [0.3, 0.4) is 0 Å². The zero-order valence-electron chi connectivity index (χ0n) is 12.8. The molecular formula is C18H16N4O2. The molecule has 0 aliphatic rings. The van der Waals surface area contributed by atoms with E-state index < -0.39 is 0 Å². The van der Waals surface area contributed by atoms with Crippen molar-refractivity contribution < 1.29 is 9.21 Å². The van der Waals surface area contributed by atoms with E-state index in [9.17, 15) is 4.79 Å². The molecular weight excluding hydrogens is 304 g/mol. The number of nitrogens with one attached hydrogen (secondary N) is 2. The molecule has 0 spiro atoms. The van der Waals surface area contributed by atoms with Crippen LogP contribution in [0.2, 0.25) is 0 Å². The topological polar surface area (TPSA) is 79.0 Å². The van der Waals surface area contributed by atoms with Crippen molar-refractivity contribution in [2.75, 3.05) is 5.32 Å². The van der Waals surface area contributed by atoms with E-state index >= 15 is 0 Å². The molecule has 120 valence electrons. The van der Waals surface area contributed by atoms with Gasteiger partial charge >= 0.3 is 6.03 Å². The summed E-state index contributed by atoms with van der Waals surface area (Å²) in [5.41, 5.74) is 2.17. The Balaban J connectivity index is 1.52. The van der Waals surface area contributed by atoms with Crippen molar-refractivity contribution >= 4 is 23.1 Å². The van der Waals surface area contributed by atoms with Gasteiger partial charge in [0.1, 0.15) is 5.76 Å². The molecule has 0 unspecified atom stereocenters. The van der Waals surface area contributed by atoms with Crippen LogP contribution in [0.4, 0.5) is 21.9 Å². The summed E-state index contributed by atoms with van der Waals surface area (Å²) in [6.45, 7) is 0.336. The van der Waals surface area contributed by atoms with E-state index in [0.717, 1.165) is 5.69 Å². The Labute approximate surface area is 139 Å². The molecule has 0 saturated carbocycles.